The lowest BCUT2D eigenvalue weighted by atomic mass is 10.0. The number of H-pyrrole nitrogens is 1. The van der Waals surface area contributed by atoms with Crippen LogP contribution in [0.1, 0.15) is 11.1 Å². The topological polar surface area (TPSA) is 44.0 Å². The summed E-state index contributed by atoms with van der Waals surface area (Å²) in [6, 6.07) is 28.1. The molecule has 1 aliphatic rings. The highest BCUT2D eigenvalue weighted by Crippen LogP contribution is 2.32. The molecule has 1 fully saturated rings. The van der Waals surface area contributed by atoms with E-state index in [9.17, 15) is 0 Å². The molecular weight excluding hydrogens is 404 g/mol. The first-order valence-electron chi connectivity index (χ1n) is 11.5. The Hall–Kier alpha value is -3.89. The lowest BCUT2D eigenvalue weighted by Gasteiger charge is -2.29. The highest BCUT2D eigenvalue weighted by molar-refractivity contribution is 6.11. The van der Waals surface area contributed by atoms with Crippen LogP contribution in [0.3, 0.4) is 0 Å². The molecule has 0 unspecified atom stereocenters. The number of aromatic nitrogens is 2. The Morgan fingerprint density at radius 3 is 2.39 bits per heavy atom. The number of hydrogen-bond donors (Lipinski definition) is 2. The van der Waals surface area contributed by atoms with Crippen LogP contribution in [0.5, 0.6) is 0 Å². The normalized spacial score (nSPS) is 14.5. The fourth-order valence-electron chi connectivity index (χ4n) is 4.70. The van der Waals surface area contributed by atoms with Crippen molar-refractivity contribution in [2.75, 3.05) is 31.1 Å². The zero-order valence-corrected chi connectivity index (χ0v) is 18.5. The fraction of sp³-hybridized carbons (Fsp3) is 0.138. The van der Waals surface area contributed by atoms with Crippen LogP contribution in [0.25, 0.3) is 45.2 Å². The van der Waals surface area contributed by atoms with E-state index in [0.29, 0.717) is 0 Å². The van der Waals surface area contributed by atoms with E-state index in [1.54, 1.807) is 0 Å². The third-order valence-electron chi connectivity index (χ3n) is 6.46. The molecule has 1 aliphatic heterocycles. The van der Waals surface area contributed by atoms with Crippen LogP contribution in [0, 0.1) is 0 Å². The highest BCUT2D eigenvalue weighted by Gasteiger charge is 2.12. The van der Waals surface area contributed by atoms with Crippen LogP contribution in [0.4, 0.5) is 5.69 Å². The molecule has 0 amide bonds. The van der Waals surface area contributed by atoms with E-state index in [4.69, 9.17) is 0 Å². The van der Waals surface area contributed by atoms with E-state index in [0.717, 1.165) is 37.3 Å². The predicted octanol–water partition coefficient (Wildman–Crippen LogP) is 5.96. The molecule has 2 aromatic heterocycles. The van der Waals surface area contributed by atoms with Gasteiger partial charge in [0.25, 0.3) is 0 Å². The van der Waals surface area contributed by atoms with Crippen LogP contribution in [-0.4, -0.2) is 36.1 Å². The number of rotatable bonds is 4. The summed E-state index contributed by atoms with van der Waals surface area (Å²) in [6.07, 6.45) is 6.21. The van der Waals surface area contributed by atoms with E-state index in [1.165, 1.54) is 38.7 Å². The maximum absolute atomic E-state index is 4.60. The second-order valence-corrected chi connectivity index (χ2v) is 8.54. The second-order valence-electron chi connectivity index (χ2n) is 8.54. The Morgan fingerprint density at radius 2 is 1.58 bits per heavy atom. The van der Waals surface area contributed by atoms with Crippen LogP contribution in [0.2, 0.25) is 0 Å². The smallest absolute Gasteiger partial charge is 0.138 e. The molecule has 3 heterocycles. The lowest BCUT2D eigenvalue weighted by molar-refractivity contribution is 0.589. The summed E-state index contributed by atoms with van der Waals surface area (Å²) in [6.45, 7) is 4.22. The van der Waals surface area contributed by atoms with Crippen molar-refractivity contribution in [3.8, 4) is 11.1 Å². The average molecular weight is 431 g/mol. The molecule has 162 valence electrons. The first-order valence-corrected chi connectivity index (χ1v) is 11.5. The first-order chi connectivity index (χ1) is 16.3. The van der Waals surface area contributed by atoms with Gasteiger partial charge in [0.2, 0.25) is 0 Å². The molecule has 3 aromatic carbocycles. The number of nitrogens with zero attached hydrogens (tertiary/aromatic N) is 2. The third-order valence-corrected chi connectivity index (χ3v) is 6.46. The van der Waals surface area contributed by atoms with Gasteiger partial charge in [-0.05, 0) is 52.6 Å². The molecule has 0 saturated carbocycles. The molecular formula is C29H26N4. The maximum atomic E-state index is 4.60. The van der Waals surface area contributed by atoms with E-state index < -0.39 is 0 Å². The zero-order chi connectivity index (χ0) is 22.0. The van der Waals surface area contributed by atoms with Gasteiger partial charge in [-0.1, -0.05) is 60.7 Å². The molecule has 33 heavy (non-hydrogen) atoms. The number of nitrogens with one attached hydrogen (secondary N) is 2. The van der Waals surface area contributed by atoms with Gasteiger partial charge in [-0.25, -0.2) is 4.98 Å². The summed E-state index contributed by atoms with van der Waals surface area (Å²) >= 11 is 0. The zero-order valence-electron chi connectivity index (χ0n) is 18.5. The molecule has 0 spiro atoms. The summed E-state index contributed by atoms with van der Waals surface area (Å²) in [7, 11) is 0. The Labute approximate surface area is 193 Å². The molecule has 0 atom stereocenters. The quantitative estimate of drug-likeness (QED) is 0.370. The van der Waals surface area contributed by atoms with Gasteiger partial charge in [-0.2, -0.15) is 0 Å². The van der Waals surface area contributed by atoms with Crippen LogP contribution < -0.4 is 10.2 Å². The van der Waals surface area contributed by atoms with Crippen molar-refractivity contribution >= 4 is 39.8 Å². The highest BCUT2D eigenvalue weighted by atomic mass is 15.2. The van der Waals surface area contributed by atoms with Crippen LogP contribution >= 0.6 is 0 Å². The Bertz CT molecular complexity index is 1430. The first kappa shape index (κ1) is 19.8. The minimum atomic E-state index is 0.923. The van der Waals surface area contributed by atoms with Crippen LogP contribution in [0.15, 0.2) is 85.1 Å². The van der Waals surface area contributed by atoms with E-state index in [1.807, 2.05) is 12.3 Å². The van der Waals surface area contributed by atoms with Gasteiger partial charge in [-0.3, -0.25) is 0 Å². The largest absolute Gasteiger partial charge is 0.369 e. The Balaban J connectivity index is 1.38. The number of hydrogen-bond acceptors (Lipinski definition) is 3. The van der Waals surface area contributed by atoms with Gasteiger partial charge in [0.15, 0.2) is 0 Å². The third kappa shape index (κ3) is 3.90. The molecule has 4 heteroatoms. The summed E-state index contributed by atoms with van der Waals surface area (Å²) in [5.41, 5.74) is 8.14. The van der Waals surface area contributed by atoms with Gasteiger partial charge in [0.05, 0.1) is 0 Å². The Morgan fingerprint density at radius 1 is 0.788 bits per heavy atom. The molecule has 0 bridgehead atoms. The molecule has 0 radical (unpaired) electrons. The van der Waals surface area contributed by atoms with Crippen molar-refractivity contribution in [1.29, 1.82) is 0 Å². The minimum Gasteiger partial charge on any atom is -0.369 e. The number of aromatic amines is 1. The number of anilines is 1. The SMILES string of the molecule is C(=C\c1ccnc2[nH]c3ccc(-c4ccc(N5CCNCC5)cc4)cc3c12)/c1ccccc1. The molecule has 0 aliphatic carbocycles. The molecule has 2 N–H and O–H groups in total. The van der Waals surface area contributed by atoms with E-state index in [-0.39, 0.29) is 0 Å². The minimum absolute atomic E-state index is 0.923. The van der Waals surface area contributed by atoms with Gasteiger partial charge < -0.3 is 15.2 Å². The van der Waals surface area contributed by atoms with Crippen molar-refractivity contribution in [2.24, 2.45) is 0 Å². The molecule has 6 rings (SSSR count). The molecule has 1 saturated heterocycles. The van der Waals surface area contributed by atoms with Crippen molar-refractivity contribution in [3.63, 3.8) is 0 Å². The lowest BCUT2D eigenvalue weighted by Crippen LogP contribution is -2.43. The van der Waals surface area contributed by atoms with Crippen LogP contribution in [-0.2, 0) is 0 Å². The predicted molar refractivity (Wildman–Crippen MR) is 139 cm³/mol. The van der Waals surface area contributed by atoms with Gasteiger partial charge in [0.1, 0.15) is 5.65 Å². The number of pyridine rings is 1. The number of fused-ring (bicyclic) bond motifs is 3. The molecule has 4 nitrogen and oxygen atoms in total. The second kappa shape index (κ2) is 8.57. The average Bonchev–Trinajstić information content (AvgIpc) is 3.27. The van der Waals surface area contributed by atoms with E-state index in [2.05, 4.69) is 105 Å². The van der Waals surface area contributed by atoms with Crippen molar-refractivity contribution in [3.05, 3.63) is 96.2 Å². The summed E-state index contributed by atoms with van der Waals surface area (Å²) < 4.78 is 0. The summed E-state index contributed by atoms with van der Waals surface area (Å²) in [4.78, 5) is 10.5. The fourth-order valence-corrected chi connectivity index (χ4v) is 4.70. The van der Waals surface area contributed by atoms with Gasteiger partial charge in [0, 0.05) is 54.4 Å². The number of piperazine rings is 1. The van der Waals surface area contributed by atoms with Crippen molar-refractivity contribution in [2.45, 2.75) is 0 Å². The Kier molecular flexibility index (Phi) is 5.13. The van der Waals surface area contributed by atoms with Crippen molar-refractivity contribution < 1.29 is 0 Å². The molecule has 5 aromatic rings. The van der Waals surface area contributed by atoms with Gasteiger partial charge in [-0.15, -0.1) is 0 Å². The summed E-state index contributed by atoms with van der Waals surface area (Å²) in [5, 5.41) is 5.79. The van der Waals surface area contributed by atoms with Gasteiger partial charge >= 0.3 is 0 Å². The monoisotopic (exact) mass is 430 g/mol. The summed E-state index contributed by atoms with van der Waals surface area (Å²) in [5.74, 6) is 0. The van der Waals surface area contributed by atoms with Crippen molar-refractivity contribution in [1.82, 2.24) is 15.3 Å². The standard InChI is InChI=1S/C29H26N4/c1-2-4-21(5-3-1)6-7-23-14-15-31-29-28(23)26-20-24(10-13-27(26)32-29)22-8-11-25(12-9-22)33-18-16-30-17-19-33/h1-15,20,30H,16-19H2,(H,31,32)/b7-6+. The van der Waals surface area contributed by atoms with E-state index >= 15 is 0 Å². The maximum Gasteiger partial charge on any atom is 0.138 e. The number of benzene rings is 3.